The van der Waals surface area contributed by atoms with E-state index in [2.05, 4.69) is 5.02 Å². The highest BCUT2D eigenvalue weighted by atomic mass is 32.2. The lowest BCUT2D eigenvalue weighted by molar-refractivity contribution is 1.51. The van der Waals surface area contributed by atoms with E-state index in [0.29, 0.717) is 0 Å². The normalized spacial score (nSPS) is 23.2. The standard InChI is InChI=1S/C5H6N2S/c6-5(7)8-3-1-2-4-8/h1-3H,(H3,6,7). The molecule has 0 saturated heterocycles. The molecule has 0 saturated carbocycles. The van der Waals surface area contributed by atoms with Gasteiger partial charge in [0.2, 0.25) is 0 Å². The Hall–Kier alpha value is -0.790. The van der Waals surface area contributed by atoms with Gasteiger partial charge in [-0.2, -0.15) is 0 Å². The summed E-state index contributed by atoms with van der Waals surface area (Å²) in [7, 11) is -0.304. The number of amidine groups is 1. The molecule has 1 rings (SSSR count). The topological polar surface area (TPSA) is 49.9 Å². The molecule has 42 valence electrons. The summed E-state index contributed by atoms with van der Waals surface area (Å²) in [6.07, 6.45) is 3.63. The number of allylic oxidation sites excluding steroid dienone is 2. The van der Waals surface area contributed by atoms with Crippen LogP contribution in [0.25, 0.3) is 0 Å². The molecule has 0 amide bonds. The molecule has 3 N–H and O–H groups in total. The van der Waals surface area contributed by atoms with E-state index in [4.69, 9.17) is 11.1 Å². The zero-order valence-corrected chi connectivity index (χ0v) is 5.03. The highest BCUT2D eigenvalue weighted by Gasteiger charge is 1.92. The van der Waals surface area contributed by atoms with E-state index >= 15 is 0 Å². The molecule has 1 unspecified atom stereocenters. The summed E-state index contributed by atoms with van der Waals surface area (Å²) >= 11 is 0. The third-order valence-electron chi connectivity index (χ3n) is 0.743. The van der Waals surface area contributed by atoms with Crippen LogP contribution < -0.4 is 5.73 Å². The van der Waals surface area contributed by atoms with E-state index in [-0.39, 0.29) is 15.7 Å². The van der Waals surface area contributed by atoms with Crippen LogP contribution in [0.2, 0.25) is 0 Å². The molecule has 1 heterocycles. The molecule has 0 aliphatic carbocycles. The molecule has 0 aromatic rings. The largest absolute Gasteiger partial charge is 0.378 e. The van der Waals surface area contributed by atoms with Crippen molar-refractivity contribution in [3.63, 3.8) is 0 Å². The van der Waals surface area contributed by atoms with Crippen LogP contribution in [0.5, 0.6) is 0 Å². The van der Waals surface area contributed by atoms with Gasteiger partial charge in [-0.3, -0.25) is 5.41 Å². The monoisotopic (exact) mass is 126 g/mol. The Bertz CT molecular complexity index is 208. The van der Waals surface area contributed by atoms with Crippen molar-refractivity contribution in [3.8, 4) is 0 Å². The van der Waals surface area contributed by atoms with Crippen LogP contribution in [0.1, 0.15) is 0 Å². The molecule has 0 aromatic carbocycles. The van der Waals surface area contributed by atoms with Gasteiger partial charge in [0.25, 0.3) is 0 Å². The number of hydrogen-bond donors (Lipinski definition) is 2. The van der Waals surface area contributed by atoms with Crippen LogP contribution in [0.15, 0.2) is 17.6 Å². The second kappa shape index (κ2) is 1.99. The van der Waals surface area contributed by atoms with Gasteiger partial charge in [0.15, 0.2) is 5.17 Å². The molecular formula is C5H6N2S. The maximum atomic E-state index is 6.95. The molecule has 0 spiro atoms. The zero-order chi connectivity index (χ0) is 5.98. The molecule has 1 atom stereocenters. The predicted octanol–water partition coefficient (Wildman–Crippen LogP) is 0.633. The first-order chi connectivity index (χ1) is 3.80. The fraction of sp³-hybridized carbons (Fsp3) is 0. The summed E-state index contributed by atoms with van der Waals surface area (Å²) in [6, 6.07) is 0. The van der Waals surface area contributed by atoms with Gasteiger partial charge < -0.3 is 5.73 Å². The molecule has 0 bridgehead atoms. The minimum atomic E-state index is -0.304. The fourth-order valence-electron chi connectivity index (χ4n) is 0.407. The smallest absolute Gasteiger partial charge is 0.156 e. The molecule has 2 nitrogen and oxygen atoms in total. The SMILES string of the molecule is N=C(N)S1=C=CC=C1. The average molecular weight is 126 g/mol. The lowest BCUT2D eigenvalue weighted by Crippen LogP contribution is -2.03. The van der Waals surface area contributed by atoms with E-state index in [1.807, 2.05) is 11.5 Å². The Morgan fingerprint density at radius 2 is 2.50 bits per heavy atom. The van der Waals surface area contributed by atoms with Gasteiger partial charge in [-0.15, -0.1) is 0 Å². The summed E-state index contributed by atoms with van der Waals surface area (Å²) in [5.41, 5.74) is 5.16. The van der Waals surface area contributed by atoms with E-state index < -0.39 is 0 Å². The van der Waals surface area contributed by atoms with Gasteiger partial charge in [0.1, 0.15) is 0 Å². The predicted molar refractivity (Wildman–Crippen MR) is 38.2 cm³/mol. The minimum absolute atomic E-state index is 0.190. The first-order valence-electron chi connectivity index (χ1n) is 2.14. The zero-order valence-electron chi connectivity index (χ0n) is 4.22. The van der Waals surface area contributed by atoms with Gasteiger partial charge in [0.05, 0.1) is 0 Å². The molecule has 1 aliphatic heterocycles. The van der Waals surface area contributed by atoms with Gasteiger partial charge >= 0.3 is 0 Å². The second-order valence-corrected chi connectivity index (χ2v) is 2.94. The van der Waals surface area contributed by atoms with Crippen molar-refractivity contribution in [2.24, 2.45) is 5.73 Å². The van der Waals surface area contributed by atoms with Crippen LogP contribution in [-0.2, 0) is 0 Å². The van der Waals surface area contributed by atoms with Crippen LogP contribution in [0.3, 0.4) is 0 Å². The van der Waals surface area contributed by atoms with Crippen molar-refractivity contribution in [2.45, 2.75) is 0 Å². The summed E-state index contributed by atoms with van der Waals surface area (Å²) in [6.45, 7) is 0. The van der Waals surface area contributed by atoms with Crippen LogP contribution in [0, 0.1) is 5.41 Å². The molecule has 0 aromatic heterocycles. The molecule has 1 aliphatic rings. The lowest BCUT2D eigenvalue weighted by atomic mass is 10.6. The Morgan fingerprint density at radius 1 is 1.75 bits per heavy atom. The third-order valence-corrected chi connectivity index (χ3v) is 2.04. The molecular weight excluding hydrogens is 120 g/mol. The third kappa shape index (κ3) is 0.886. The highest BCUT2D eigenvalue weighted by Crippen LogP contribution is 2.13. The Kier molecular flexibility index (Phi) is 1.33. The van der Waals surface area contributed by atoms with Gasteiger partial charge in [-0.25, -0.2) is 0 Å². The van der Waals surface area contributed by atoms with Crippen molar-refractivity contribution in [1.29, 1.82) is 5.41 Å². The van der Waals surface area contributed by atoms with Crippen molar-refractivity contribution in [2.75, 3.05) is 0 Å². The summed E-state index contributed by atoms with van der Waals surface area (Å²) in [5, 5.41) is 11.9. The number of rotatable bonds is 0. The van der Waals surface area contributed by atoms with E-state index in [0.717, 1.165) is 0 Å². The maximum absolute atomic E-state index is 6.95. The fourth-order valence-corrected chi connectivity index (χ4v) is 1.22. The second-order valence-electron chi connectivity index (χ2n) is 1.32. The maximum Gasteiger partial charge on any atom is 0.156 e. The van der Waals surface area contributed by atoms with Crippen molar-refractivity contribution in [1.82, 2.24) is 0 Å². The van der Waals surface area contributed by atoms with E-state index in [1.165, 1.54) is 0 Å². The number of nitrogens with one attached hydrogen (secondary N) is 1. The van der Waals surface area contributed by atoms with Gasteiger partial charge in [0, 0.05) is 0 Å². The number of hydrogen-bond acceptors (Lipinski definition) is 1. The Balaban J connectivity index is 2.90. The van der Waals surface area contributed by atoms with Gasteiger partial charge in [-0.1, -0.05) is 15.5 Å². The van der Waals surface area contributed by atoms with Crippen LogP contribution >= 0.6 is 10.5 Å². The molecule has 0 radical (unpaired) electrons. The minimum Gasteiger partial charge on any atom is -0.378 e. The van der Waals surface area contributed by atoms with E-state index in [1.54, 1.807) is 6.08 Å². The first kappa shape index (κ1) is 5.35. The van der Waals surface area contributed by atoms with Crippen molar-refractivity contribution >= 4 is 20.7 Å². The van der Waals surface area contributed by atoms with E-state index in [9.17, 15) is 0 Å². The average Bonchev–Trinajstić information content (AvgIpc) is 2.12. The van der Waals surface area contributed by atoms with Crippen LogP contribution in [-0.4, -0.2) is 10.2 Å². The first-order valence-corrected chi connectivity index (χ1v) is 3.43. The molecule has 8 heavy (non-hydrogen) atoms. The molecule has 0 fully saturated rings. The summed E-state index contributed by atoms with van der Waals surface area (Å²) in [5.74, 6) is 0. The highest BCUT2D eigenvalue weighted by molar-refractivity contribution is 8.29. The quantitative estimate of drug-likeness (QED) is 0.279. The van der Waals surface area contributed by atoms with Crippen LogP contribution in [0.4, 0.5) is 0 Å². The molecule has 3 heteroatoms. The Morgan fingerprint density at radius 3 is 2.75 bits per heavy atom. The number of nitrogens with two attached hydrogens (primary N) is 1. The summed E-state index contributed by atoms with van der Waals surface area (Å²) < 4.78 is 0. The van der Waals surface area contributed by atoms with Crippen molar-refractivity contribution < 1.29 is 0 Å². The van der Waals surface area contributed by atoms with Crippen molar-refractivity contribution in [3.05, 3.63) is 17.6 Å². The van der Waals surface area contributed by atoms with Gasteiger partial charge in [-0.05, 0) is 17.6 Å². The lowest BCUT2D eigenvalue weighted by Gasteiger charge is -1.89. The Labute approximate surface area is 50.1 Å². The summed E-state index contributed by atoms with van der Waals surface area (Å²) in [4.78, 5) is 0.